The number of benzene rings is 1. The van der Waals surface area contributed by atoms with Crippen molar-refractivity contribution in [1.82, 2.24) is 20.3 Å². The Kier molecular flexibility index (Phi) is 4.28. The lowest BCUT2D eigenvalue weighted by Crippen LogP contribution is -2.33. The van der Waals surface area contributed by atoms with E-state index in [9.17, 15) is 4.79 Å². The van der Waals surface area contributed by atoms with Gasteiger partial charge in [-0.3, -0.25) is 9.48 Å². The lowest BCUT2D eigenvalue weighted by Gasteiger charge is -2.12. The van der Waals surface area contributed by atoms with E-state index in [-0.39, 0.29) is 11.9 Å². The van der Waals surface area contributed by atoms with Gasteiger partial charge in [-0.05, 0) is 25.3 Å². The van der Waals surface area contributed by atoms with Gasteiger partial charge in [-0.2, -0.15) is 0 Å². The predicted molar refractivity (Wildman–Crippen MR) is 72.7 cm³/mol. The molecule has 0 aliphatic rings. The highest BCUT2D eigenvalue weighted by molar-refractivity contribution is 5.92. The van der Waals surface area contributed by atoms with Crippen molar-refractivity contribution < 1.29 is 4.79 Å². The molecule has 100 valence electrons. The average molecular weight is 258 g/mol. The van der Waals surface area contributed by atoms with Crippen molar-refractivity contribution in [3.05, 3.63) is 47.8 Å². The second-order valence-corrected chi connectivity index (χ2v) is 4.68. The fourth-order valence-electron chi connectivity index (χ4n) is 1.85. The van der Waals surface area contributed by atoms with Gasteiger partial charge < -0.3 is 5.32 Å². The van der Waals surface area contributed by atoms with E-state index in [0.717, 1.165) is 12.8 Å². The normalized spacial score (nSPS) is 12.1. The first-order valence-corrected chi connectivity index (χ1v) is 6.36. The summed E-state index contributed by atoms with van der Waals surface area (Å²) in [5.74, 6) is -0.173. The van der Waals surface area contributed by atoms with Crippen molar-refractivity contribution >= 4 is 5.91 Å². The van der Waals surface area contributed by atoms with E-state index >= 15 is 0 Å². The second-order valence-electron chi connectivity index (χ2n) is 4.68. The minimum absolute atomic E-state index is 0.106. The van der Waals surface area contributed by atoms with Crippen LogP contribution >= 0.6 is 0 Å². The van der Waals surface area contributed by atoms with Gasteiger partial charge in [-0.1, -0.05) is 35.5 Å². The average Bonchev–Trinajstić information content (AvgIpc) is 2.84. The summed E-state index contributed by atoms with van der Waals surface area (Å²) in [6, 6.07) is 10.3. The molecule has 1 atom stereocenters. The fourth-order valence-corrected chi connectivity index (χ4v) is 1.85. The zero-order valence-corrected chi connectivity index (χ0v) is 11.2. The highest BCUT2D eigenvalue weighted by atomic mass is 16.2. The van der Waals surface area contributed by atoms with Gasteiger partial charge in [-0.15, -0.1) is 5.10 Å². The minimum Gasteiger partial charge on any atom is -0.348 e. The van der Waals surface area contributed by atoms with Gasteiger partial charge in [-0.25, -0.2) is 0 Å². The van der Waals surface area contributed by atoms with Crippen LogP contribution in [-0.4, -0.2) is 26.9 Å². The van der Waals surface area contributed by atoms with Crippen LogP contribution in [0.2, 0.25) is 0 Å². The SMILES string of the molecule is C[C@@H](CCc1ccccc1)NC(=O)c1cn(C)nn1. The quantitative estimate of drug-likeness (QED) is 0.885. The molecule has 0 aliphatic carbocycles. The topological polar surface area (TPSA) is 59.8 Å². The van der Waals surface area contributed by atoms with E-state index < -0.39 is 0 Å². The first-order valence-electron chi connectivity index (χ1n) is 6.36. The highest BCUT2D eigenvalue weighted by Crippen LogP contribution is 2.05. The molecule has 0 saturated carbocycles. The molecule has 2 aromatic rings. The summed E-state index contributed by atoms with van der Waals surface area (Å²) in [6.07, 6.45) is 3.46. The number of aromatic nitrogens is 3. The van der Waals surface area contributed by atoms with Crippen LogP contribution in [0.15, 0.2) is 36.5 Å². The van der Waals surface area contributed by atoms with Crippen LogP contribution in [0.3, 0.4) is 0 Å². The van der Waals surface area contributed by atoms with Gasteiger partial charge in [0, 0.05) is 13.1 Å². The molecule has 1 amide bonds. The Hall–Kier alpha value is -2.17. The lowest BCUT2D eigenvalue weighted by atomic mass is 10.1. The van der Waals surface area contributed by atoms with E-state index in [1.165, 1.54) is 10.2 Å². The Morgan fingerprint density at radius 2 is 2.11 bits per heavy atom. The van der Waals surface area contributed by atoms with E-state index in [2.05, 4.69) is 27.8 Å². The second kappa shape index (κ2) is 6.13. The molecule has 0 saturated heterocycles. The maximum atomic E-state index is 11.9. The van der Waals surface area contributed by atoms with Crippen LogP contribution in [0.5, 0.6) is 0 Å². The van der Waals surface area contributed by atoms with Crippen LogP contribution in [0.25, 0.3) is 0 Å². The van der Waals surface area contributed by atoms with Crippen molar-refractivity contribution in [2.75, 3.05) is 0 Å². The molecule has 5 nitrogen and oxygen atoms in total. The fraction of sp³-hybridized carbons (Fsp3) is 0.357. The number of carbonyl (C=O) groups is 1. The van der Waals surface area contributed by atoms with E-state index in [1.807, 2.05) is 25.1 Å². The van der Waals surface area contributed by atoms with Crippen LogP contribution < -0.4 is 5.32 Å². The van der Waals surface area contributed by atoms with E-state index in [0.29, 0.717) is 5.69 Å². The summed E-state index contributed by atoms with van der Waals surface area (Å²) in [5.41, 5.74) is 1.64. The minimum atomic E-state index is -0.173. The van der Waals surface area contributed by atoms with Crippen molar-refractivity contribution in [2.24, 2.45) is 7.05 Å². The molecule has 0 bridgehead atoms. The number of rotatable bonds is 5. The van der Waals surface area contributed by atoms with E-state index in [1.54, 1.807) is 13.2 Å². The molecule has 0 radical (unpaired) electrons. The molecule has 0 spiro atoms. The third kappa shape index (κ3) is 3.91. The predicted octanol–water partition coefficient (Wildman–Crippen LogP) is 1.57. The molecule has 1 aromatic carbocycles. The number of amides is 1. The number of hydrogen-bond donors (Lipinski definition) is 1. The van der Waals surface area contributed by atoms with Gasteiger partial charge >= 0.3 is 0 Å². The summed E-state index contributed by atoms with van der Waals surface area (Å²) in [5, 5.41) is 10.5. The van der Waals surface area contributed by atoms with Crippen LogP contribution in [0.4, 0.5) is 0 Å². The Morgan fingerprint density at radius 3 is 2.74 bits per heavy atom. The van der Waals surface area contributed by atoms with Crippen LogP contribution in [0.1, 0.15) is 29.4 Å². The number of carbonyl (C=O) groups excluding carboxylic acids is 1. The first-order chi connectivity index (χ1) is 9.15. The summed E-state index contributed by atoms with van der Waals surface area (Å²) in [6.45, 7) is 2.00. The molecule has 1 aromatic heterocycles. The van der Waals surface area contributed by atoms with Gasteiger partial charge in [0.25, 0.3) is 5.91 Å². The largest absolute Gasteiger partial charge is 0.348 e. The van der Waals surface area contributed by atoms with E-state index in [4.69, 9.17) is 0 Å². The standard InChI is InChI=1S/C14H18N4O/c1-11(8-9-12-6-4-3-5-7-12)15-14(19)13-10-18(2)17-16-13/h3-7,10-11H,8-9H2,1-2H3,(H,15,19)/t11-/m0/s1. The Balaban J connectivity index is 1.81. The Bertz CT molecular complexity index is 535. The number of nitrogens with one attached hydrogen (secondary N) is 1. The molecule has 5 heteroatoms. The molecule has 0 unspecified atom stereocenters. The third-order valence-electron chi connectivity index (χ3n) is 2.92. The monoisotopic (exact) mass is 258 g/mol. The molecule has 1 heterocycles. The van der Waals surface area contributed by atoms with Gasteiger partial charge in [0.15, 0.2) is 5.69 Å². The smallest absolute Gasteiger partial charge is 0.273 e. The molecular weight excluding hydrogens is 240 g/mol. The molecular formula is C14H18N4O. The highest BCUT2D eigenvalue weighted by Gasteiger charge is 2.12. The van der Waals surface area contributed by atoms with Crippen molar-refractivity contribution in [3.8, 4) is 0 Å². The maximum Gasteiger partial charge on any atom is 0.273 e. The summed E-state index contributed by atoms with van der Waals surface area (Å²) in [4.78, 5) is 11.9. The van der Waals surface area contributed by atoms with Crippen molar-refractivity contribution in [2.45, 2.75) is 25.8 Å². The van der Waals surface area contributed by atoms with Gasteiger partial charge in [0.05, 0.1) is 6.20 Å². The third-order valence-corrected chi connectivity index (χ3v) is 2.92. The van der Waals surface area contributed by atoms with Crippen molar-refractivity contribution in [1.29, 1.82) is 0 Å². The molecule has 0 aliphatic heterocycles. The summed E-state index contributed by atoms with van der Waals surface area (Å²) < 4.78 is 1.52. The zero-order chi connectivity index (χ0) is 13.7. The van der Waals surface area contributed by atoms with Crippen LogP contribution in [0, 0.1) is 0 Å². The Morgan fingerprint density at radius 1 is 1.37 bits per heavy atom. The number of nitrogens with zero attached hydrogens (tertiary/aromatic N) is 3. The molecule has 1 N–H and O–H groups in total. The molecule has 0 fully saturated rings. The van der Waals surface area contributed by atoms with Crippen LogP contribution in [-0.2, 0) is 13.5 Å². The van der Waals surface area contributed by atoms with Gasteiger partial charge in [0.2, 0.25) is 0 Å². The molecule has 19 heavy (non-hydrogen) atoms. The zero-order valence-electron chi connectivity index (χ0n) is 11.2. The number of hydrogen-bond acceptors (Lipinski definition) is 3. The summed E-state index contributed by atoms with van der Waals surface area (Å²) >= 11 is 0. The summed E-state index contributed by atoms with van der Waals surface area (Å²) in [7, 11) is 1.74. The van der Waals surface area contributed by atoms with Gasteiger partial charge in [0.1, 0.15) is 0 Å². The Labute approximate surface area is 112 Å². The maximum absolute atomic E-state index is 11.9. The van der Waals surface area contributed by atoms with Crippen molar-refractivity contribution in [3.63, 3.8) is 0 Å². The number of aryl methyl sites for hydroxylation is 2. The lowest BCUT2D eigenvalue weighted by molar-refractivity contribution is 0.0933. The first kappa shape index (κ1) is 13.3. The molecule has 2 rings (SSSR count).